The Hall–Kier alpha value is -1.84. The minimum absolute atomic E-state index is 0.434. The summed E-state index contributed by atoms with van der Waals surface area (Å²) in [5, 5.41) is 7.47. The molecule has 0 aliphatic carbocycles. The van der Waals surface area contributed by atoms with Crippen molar-refractivity contribution in [3.8, 4) is 0 Å². The predicted molar refractivity (Wildman–Crippen MR) is 74.2 cm³/mol. The number of benzene rings is 1. The van der Waals surface area contributed by atoms with Gasteiger partial charge in [-0.3, -0.25) is 0 Å². The van der Waals surface area contributed by atoms with Crippen LogP contribution in [0.4, 0.5) is 5.69 Å². The lowest BCUT2D eigenvalue weighted by atomic mass is 9.98. The molecule has 0 saturated carbocycles. The van der Waals surface area contributed by atoms with Crippen LogP contribution in [0.15, 0.2) is 28.8 Å². The fraction of sp³-hybridized carbons (Fsp3) is 0.467. The fourth-order valence-electron chi connectivity index (χ4n) is 2.57. The third kappa shape index (κ3) is 2.62. The number of hydrogen-bond acceptors (Lipinski definition) is 4. The van der Waals surface area contributed by atoms with Crippen LogP contribution in [-0.2, 0) is 12.8 Å². The summed E-state index contributed by atoms with van der Waals surface area (Å²) in [5.74, 6) is 2.56. The van der Waals surface area contributed by atoms with E-state index in [4.69, 9.17) is 4.52 Å². The van der Waals surface area contributed by atoms with Crippen molar-refractivity contribution in [2.75, 3.05) is 11.9 Å². The molecule has 3 rings (SSSR count). The second-order valence-corrected chi connectivity index (χ2v) is 5.57. The smallest absolute Gasteiger partial charge is 0.227 e. The molecule has 1 aromatic carbocycles. The van der Waals surface area contributed by atoms with Crippen LogP contribution in [-0.4, -0.2) is 16.7 Å². The van der Waals surface area contributed by atoms with Gasteiger partial charge in [-0.2, -0.15) is 4.98 Å². The maximum Gasteiger partial charge on any atom is 0.227 e. The number of hydrogen-bond donors (Lipinski definition) is 1. The zero-order valence-electron chi connectivity index (χ0n) is 11.4. The molecule has 1 aromatic heterocycles. The summed E-state index contributed by atoms with van der Waals surface area (Å²) in [6, 6.07) is 8.43. The topological polar surface area (TPSA) is 51.0 Å². The summed E-state index contributed by atoms with van der Waals surface area (Å²) in [4.78, 5) is 4.48. The van der Waals surface area contributed by atoms with E-state index in [0.717, 1.165) is 31.1 Å². The third-order valence-electron chi connectivity index (χ3n) is 3.46. The highest BCUT2D eigenvalue weighted by molar-refractivity contribution is 5.57. The van der Waals surface area contributed by atoms with Crippen molar-refractivity contribution in [1.29, 1.82) is 0 Å². The van der Waals surface area contributed by atoms with Gasteiger partial charge in [-0.05, 0) is 17.5 Å². The van der Waals surface area contributed by atoms with E-state index in [-0.39, 0.29) is 0 Å². The Bertz CT molecular complexity index is 562. The van der Waals surface area contributed by atoms with E-state index in [1.54, 1.807) is 0 Å². The van der Waals surface area contributed by atoms with Crippen LogP contribution >= 0.6 is 0 Å². The van der Waals surface area contributed by atoms with Gasteiger partial charge in [0.2, 0.25) is 5.89 Å². The third-order valence-corrected chi connectivity index (χ3v) is 3.46. The van der Waals surface area contributed by atoms with E-state index in [1.165, 1.54) is 11.3 Å². The Kier molecular flexibility index (Phi) is 3.23. The number of nitrogens with zero attached hydrogens (tertiary/aromatic N) is 2. The number of para-hydroxylation sites is 1. The van der Waals surface area contributed by atoms with Gasteiger partial charge in [-0.1, -0.05) is 37.2 Å². The minimum Gasteiger partial charge on any atom is -0.384 e. The first-order valence-corrected chi connectivity index (χ1v) is 6.86. The van der Waals surface area contributed by atoms with Crippen molar-refractivity contribution in [3.05, 3.63) is 41.5 Å². The average Bonchev–Trinajstić information content (AvgIpc) is 2.97. The number of rotatable bonds is 4. The van der Waals surface area contributed by atoms with E-state index in [0.29, 0.717) is 11.8 Å². The SMILES string of the molecule is CC(C)Cc1noc(CC2CNc3ccccc32)n1. The Morgan fingerprint density at radius 1 is 1.37 bits per heavy atom. The molecule has 0 radical (unpaired) electrons. The Morgan fingerprint density at radius 3 is 3.05 bits per heavy atom. The van der Waals surface area contributed by atoms with Gasteiger partial charge in [0, 0.05) is 31.0 Å². The molecular weight excluding hydrogens is 238 g/mol. The molecule has 0 amide bonds. The van der Waals surface area contributed by atoms with Crippen molar-refractivity contribution in [2.45, 2.75) is 32.6 Å². The highest BCUT2D eigenvalue weighted by Gasteiger charge is 2.24. The van der Waals surface area contributed by atoms with E-state index in [1.807, 2.05) is 0 Å². The monoisotopic (exact) mass is 257 g/mol. The van der Waals surface area contributed by atoms with Crippen molar-refractivity contribution in [3.63, 3.8) is 0 Å². The van der Waals surface area contributed by atoms with E-state index in [9.17, 15) is 0 Å². The number of anilines is 1. The molecule has 19 heavy (non-hydrogen) atoms. The van der Waals surface area contributed by atoms with Gasteiger partial charge in [-0.25, -0.2) is 0 Å². The van der Waals surface area contributed by atoms with Crippen molar-refractivity contribution in [1.82, 2.24) is 10.1 Å². The van der Waals surface area contributed by atoms with Gasteiger partial charge in [0.1, 0.15) is 0 Å². The zero-order valence-corrected chi connectivity index (χ0v) is 11.4. The van der Waals surface area contributed by atoms with E-state index >= 15 is 0 Å². The molecule has 2 heterocycles. The van der Waals surface area contributed by atoms with E-state index < -0.39 is 0 Å². The highest BCUT2D eigenvalue weighted by atomic mass is 16.5. The van der Waals surface area contributed by atoms with Gasteiger partial charge in [-0.15, -0.1) is 0 Å². The Balaban J connectivity index is 1.71. The molecule has 1 aliphatic rings. The molecule has 2 aromatic rings. The molecule has 100 valence electrons. The lowest BCUT2D eigenvalue weighted by Gasteiger charge is -2.05. The molecule has 1 unspecified atom stereocenters. The summed E-state index contributed by atoms with van der Waals surface area (Å²) in [6.07, 6.45) is 1.69. The number of aromatic nitrogens is 2. The predicted octanol–water partition coefficient (Wildman–Crippen LogP) is 3.02. The standard InChI is InChI=1S/C15H19N3O/c1-10(2)7-14-17-15(19-18-14)8-11-9-16-13-6-4-3-5-12(11)13/h3-6,10-11,16H,7-9H2,1-2H3. The van der Waals surface area contributed by atoms with Crippen LogP contribution in [0.3, 0.4) is 0 Å². The van der Waals surface area contributed by atoms with Crippen molar-refractivity contribution >= 4 is 5.69 Å². The van der Waals surface area contributed by atoms with Crippen LogP contribution in [0.5, 0.6) is 0 Å². The molecule has 0 spiro atoms. The van der Waals surface area contributed by atoms with E-state index in [2.05, 4.69) is 53.6 Å². The van der Waals surface area contributed by atoms with Crippen LogP contribution in [0.2, 0.25) is 0 Å². The Morgan fingerprint density at radius 2 is 2.21 bits per heavy atom. The molecule has 4 heteroatoms. The molecule has 0 fully saturated rings. The largest absolute Gasteiger partial charge is 0.384 e. The van der Waals surface area contributed by atoms with Crippen LogP contribution < -0.4 is 5.32 Å². The van der Waals surface area contributed by atoms with Crippen LogP contribution in [0, 0.1) is 5.92 Å². The quantitative estimate of drug-likeness (QED) is 0.914. The van der Waals surface area contributed by atoms with Gasteiger partial charge in [0.25, 0.3) is 0 Å². The summed E-state index contributed by atoms with van der Waals surface area (Å²) in [6.45, 7) is 5.27. The molecule has 1 atom stereocenters. The molecular formula is C15H19N3O. The number of fused-ring (bicyclic) bond motifs is 1. The lowest BCUT2D eigenvalue weighted by Crippen LogP contribution is -2.06. The second kappa shape index (κ2) is 5.03. The first kappa shape index (κ1) is 12.2. The van der Waals surface area contributed by atoms with Gasteiger partial charge in [0.05, 0.1) is 0 Å². The Labute approximate surface area is 113 Å². The molecule has 4 nitrogen and oxygen atoms in total. The maximum atomic E-state index is 5.35. The highest BCUT2D eigenvalue weighted by Crippen LogP contribution is 2.32. The van der Waals surface area contributed by atoms with Gasteiger partial charge >= 0.3 is 0 Å². The second-order valence-electron chi connectivity index (χ2n) is 5.57. The lowest BCUT2D eigenvalue weighted by molar-refractivity contribution is 0.364. The molecule has 0 bridgehead atoms. The normalized spacial score (nSPS) is 17.5. The fourth-order valence-corrected chi connectivity index (χ4v) is 2.57. The average molecular weight is 257 g/mol. The minimum atomic E-state index is 0.434. The van der Waals surface area contributed by atoms with Gasteiger partial charge < -0.3 is 9.84 Å². The first-order valence-electron chi connectivity index (χ1n) is 6.86. The van der Waals surface area contributed by atoms with Crippen molar-refractivity contribution < 1.29 is 4.52 Å². The molecule has 1 N–H and O–H groups in total. The van der Waals surface area contributed by atoms with Crippen LogP contribution in [0.1, 0.15) is 37.0 Å². The molecule has 0 saturated heterocycles. The maximum absolute atomic E-state index is 5.35. The summed E-state index contributed by atoms with van der Waals surface area (Å²) in [7, 11) is 0. The van der Waals surface area contributed by atoms with Gasteiger partial charge in [0.15, 0.2) is 5.82 Å². The summed E-state index contributed by atoms with van der Waals surface area (Å²) >= 11 is 0. The molecule has 1 aliphatic heterocycles. The zero-order chi connectivity index (χ0) is 13.2. The van der Waals surface area contributed by atoms with Crippen LogP contribution in [0.25, 0.3) is 0 Å². The first-order chi connectivity index (χ1) is 9.22. The summed E-state index contributed by atoms with van der Waals surface area (Å²) < 4.78 is 5.35. The van der Waals surface area contributed by atoms with Crippen molar-refractivity contribution in [2.24, 2.45) is 5.92 Å². The number of nitrogens with one attached hydrogen (secondary N) is 1. The summed E-state index contributed by atoms with van der Waals surface area (Å²) in [5.41, 5.74) is 2.58.